The van der Waals surface area contributed by atoms with Crippen molar-refractivity contribution in [3.05, 3.63) is 70.1 Å². The first-order chi connectivity index (χ1) is 11.7. The number of aliphatic hydroxyl groups is 1. The lowest BCUT2D eigenvalue weighted by Gasteiger charge is -2.10. The minimum atomic E-state index is -0.944. The molecule has 120 valence electrons. The molecule has 2 N–H and O–H groups in total. The fourth-order valence-electron chi connectivity index (χ4n) is 2.21. The van der Waals surface area contributed by atoms with Gasteiger partial charge in [-0.05, 0) is 41.8 Å². The van der Waals surface area contributed by atoms with E-state index in [1.165, 1.54) is 6.07 Å². The average molecular weight is 338 g/mol. The Morgan fingerprint density at radius 1 is 1.33 bits per heavy atom. The molecule has 0 radical (unpaired) electrons. The number of carbonyl (C=O) groups excluding carboxylic acids is 1. The van der Waals surface area contributed by atoms with Gasteiger partial charge in [-0.1, -0.05) is 6.07 Å². The van der Waals surface area contributed by atoms with Gasteiger partial charge in [0.05, 0.1) is 18.2 Å². The topological polar surface area (TPSA) is 86.3 Å². The summed E-state index contributed by atoms with van der Waals surface area (Å²) in [5.41, 5.74) is 1.74. The molecular formula is C18H14N2O3S. The number of carbonyl (C=O) groups is 1. The van der Waals surface area contributed by atoms with Crippen LogP contribution in [0.3, 0.4) is 0 Å². The zero-order chi connectivity index (χ0) is 16.9. The fraction of sp³-hybridized carbons (Fsp3) is 0.111. The standard InChI is InChI=1S/C18H14N2O3S/c19-9-12-2-1-3-13(8-12)18(22)20-10-15(21)17-5-4-16(23-17)14-6-7-24-11-14/h1-8,11,15,21H,10H2,(H,20,22)/t15-/m0/s1. The molecule has 2 heterocycles. The summed E-state index contributed by atoms with van der Waals surface area (Å²) >= 11 is 1.56. The van der Waals surface area contributed by atoms with E-state index in [1.54, 1.807) is 41.7 Å². The Hall–Kier alpha value is -2.88. The maximum atomic E-state index is 12.1. The van der Waals surface area contributed by atoms with Crippen LogP contribution >= 0.6 is 11.3 Å². The third-order valence-corrected chi connectivity index (χ3v) is 4.15. The van der Waals surface area contributed by atoms with Crippen molar-refractivity contribution < 1.29 is 14.3 Å². The van der Waals surface area contributed by atoms with Gasteiger partial charge >= 0.3 is 0 Å². The van der Waals surface area contributed by atoms with Gasteiger partial charge in [0, 0.05) is 16.5 Å². The molecule has 1 atom stereocenters. The van der Waals surface area contributed by atoms with E-state index in [0.29, 0.717) is 22.6 Å². The van der Waals surface area contributed by atoms with Crippen LogP contribution in [0.4, 0.5) is 0 Å². The zero-order valence-electron chi connectivity index (χ0n) is 12.6. The highest BCUT2D eigenvalue weighted by Crippen LogP contribution is 2.26. The van der Waals surface area contributed by atoms with Crippen molar-refractivity contribution in [3.8, 4) is 17.4 Å². The van der Waals surface area contributed by atoms with Crippen LogP contribution in [0.1, 0.15) is 27.8 Å². The van der Waals surface area contributed by atoms with Crippen LogP contribution in [-0.2, 0) is 0 Å². The Morgan fingerprint density at radius 2 is 2.21 bits per heavy atom. The molecule has 0 aliphatic rings. The highest BCUT2D eigenvalue weighted by Gasteiger charge is 2.15. The molecule has 0 aliphatic carbocycles. The molecule has 0 aliphatic heterocycles. The summed E-state index contributed by atoms with van der Waals surface area (Å²) in [4.78, 5) is 12.1. The first-order valence-electron chi connectivity index (χ1n) is 7.26. The van der Waals surface area contributed by atoms with E-state index < -0.39 is 6.10 Å². The highest BCUT2D eigenvalue weighted by molar-refractivity contribution is 7.08. The summed E-state index contributed by atoms with van der Waals surface area (Å²) < 4.78 is 5.63. The lowest BCUT2D eigenvalue weighted by atomic mass is 10.1. The molecule has 24 heavy (non-hydrogen) atoms. The molecule has 0 fully saturated rings. The van der Waals surface area contributed by atoms with Crippen LogP contribution in [0.2, 0.25) is 0 Å². The van der Waals surface area contributed by atoms with Crippen molar-refractivity contribution in [3.63, 3.8) is 0 Å². The molecule has 0 unspecified atom stereocenters. The Bertz CT molecular complexity index is 878. The molecule has 1 aromatic carbocycles. The minimum absolute atomic E-state index is 0.0200. The third kappa shape index (κ3) is 3.54. The van der Waals surface area contributed by atoms with Gasteiger partial charge in [0.15, 0.2) is 0 Å². The van der Waals surface area contributed by atoms with Gasteiger partial charge in [-0.15, -0.1) is 0 Å². The SMILES string of the molecule is N#Cc1cccc(C(=O)NC[C@H](O)c2ccc(-c3ccsc3)o2)c1. The smallest absolute Gasteiger partial charge is 0.251 e. The predicted octanol–water partition coefficient (Wildman–Crippen LogP) is 3.34. The number of benzene rings is 1. The number of thiophene rings is 1. The van der Waals surface area contributed by atoms with Gasteiger partial charge in [0.25, 0.3) is 5.91 Å². The van der Waals surface area contributed by atoms with Crippen LogP contribution in [-0.4, -0.2) is 17.6 Å². The summed E-state index contributed by atoms with van der Waals surface area (Å²) in [5, 5.41) is 25.6. The Labute approximate surface area is 142 Å². The van der Waals surface area contributed by atoms with Crippen LogP contribution < -0.4 is 5.32 Å². The van der Waals surface area contributed by atoms with E-state index >= 15 is 0 Å². The predicted molar refractivity (Wildman–Crippen MR) is 90.5 cm³/mol. The summed E-state index contributed by atoms with van der Waals surface area (Å²) in [6.45, 7) is 0.0200. The molecule has 2 aromatic heterocycles. The number of aliphatic hydroxyl groups excluding tert-OH is 1. The van der Waals surface area contributed by atoms with Crippen LogP contribution in [0.5, 0.6) is 0 Å². The fourth-order valence-corrected chi connectivity index (χ4v) is 2.86. The molecule has 0 saturated carbocycles. The molecule has 6 heteroatoms. The molecular weight excluding hydrogens is 324 g/mol. The molecule has 0 bridgehead atoms. The molecule has 3 rings (SSSR count). The average Bonchev–Trinajstić information content (AvgIpc) is 3.30. The van der Waals surface area contributed by atoms with Crippen molar-refractivity contribution in [1.82, 2.24) is 5.32 Å². The van der Waals surface area contributed by atoms with E-state index in [-0.39, 0.29) is 12.5 Å². The summed E-state index contributed by atoms with van der Waals surface area (Å²) in [7, 11) is 0. The number of nitriles is 1. The number of nitrogens with zero attached hydrogens (tertiary/aromatic N) is 1. The van der Waals surface area contributed by atoms with Gasteiger partial charge in [-0.2, -0.15) is 16.6 Å². The first kappa shape index (κ1) is 16.0. The number of hydrogen-bond acceptors (Lipinski definition) is 5. The van der Waals surface area contributed by atoms with Crippen molar-refractivity contribution in [2.24, 2.45) is 0 Å². The van der Waals surface area contributed by atoms with E-state index in [9.17, 15) is 9.90 Å². The van der Waals surface area contributed by atoms with Crippen molar-refractivity contribution in [1.29, 1.82) is 5.26 Å². The maximum Gasteiger partial charge on any atom is 0.251 e. The molecule has 3 aromatic rings. The Kier molecular flexibility index (Phi) is 4.75. The quantitative estimate of drug-likeness (QED) is 0.747. The van der Waals surface area contributed by atoms with Crippen LogP contribution in [0.15, 0.2) is 57.6 Å². The van der Waals surface area contributed by atoms with Gasteiger partial charge in [0.2, 0.25) is 0 Å². The van der Waals surface area contributed by atoms with Crippen molar-refractivity contribution in [2.75, 3.05) is 6.54 Å². The largest absolute Gasteiger partial charge is 0.458 e. The first-order valence-corrected chi connectivity index (χ1v) is 8.20. The second-order valence-electron chi connectivity index (χ2n) is 5.13. The van der Waals surface area contributed by atoms with E-state index in [4.69, 9.17) is 9.68 Å². The summed E-state index contributed by atoms with van der Waals surface area (Å²) in [6.07, 6.45) is -0.944. The summed E-state index contributed by atoms with van der Waals surface area (Å²) in [5.74, 6) is 0.719. The molecule has 0 spiro atoms. The van der Waals surface area contributed by atoms with Crippen molar-refractivity contribution in [2.45, 2.75) is 6.10 Å². The minimum Gasteiger partial charge on any atom is -0.458 e. The Balaban J connectivity index is 1.62. The number of rotatable bonds is 5. The lowest BCUT2D eigenvalue weighted by Crippen LogP contribution is -2.28. The van der Waals surface area contributed by atoms with Gasteiger partial charge in [0.1, 0.15) is 17.6 Å². The van der Waals surface area contributed by atoms with Gasteiger partial charge < -0.3 is 14.8 Å². The van der Waals surface area contributed by atoms with Gasteiger partial charge in [-0.25, -0.2) is 0 Å². The number of amides is 1. The molecule has 1 amide bonds. The zero-order valence-corrected chi connectivity index (χ0v) is 13.4. The third-order valence-electron chi connectivity index (χ3n) is 3.47. The maximum absolute atomic E-state index is 12.1. The Morgan fingerprint density at radius 3 is 2.96 bits per heavy atom. The number of furan rings is 1. The number of nitrogens with one attached hydrogen (secondary N) is 1. The van der Waals surface area contributed by atoms with E-state index in [1.807, 2.05) is 22.9 Å². The van der Waals surface area contributed by atoms with Gasteiger partial charge in [-0.3, -0.25) is 4.79 Å². The van der Waals surface area contributed by atoms with E-state index in [2.05, 4.69) is 5.32 Å². The second-order valence-corrected chi connectivity index (χ2v) is 5.91. The second kappa shape index (κ2) is 7.13. The summed E-state index contributed by atoms with van der Waals surface area (Å²) in [6, 6.07) is 13.8. The lowest BCUT2D eigenvalue weighted by molar-refractivity contribution is 0.0901. The number of hydrogen-bond donors (Lipinski definition) is 2. The van der Waals surface area contributed by atoms with Crippen LogP contribution in [0, 0.1) is 11.3 Å². The van der Waals surface area contributed by atoms with E-state index in [0.717, 1.165) is 5.56 Å². The molecule has 0 saturated heterocycles. The normalized spacial score (nSPS) is 11.7. The van der Waals surface area contributed by atoms with Crippen molar-refractivity contribution >= 4 is 17.2 Å². The van der Waals surface area contributed by atoms with Crippen LogP contribution in [0.25, 0.3) is 11.3 Å². The highest BCUT2D eigenvalue weighted by atomic mass is 32.1. The monoisotopic (exact) mass is 338 g/mol. The molecule has 5 nitrogen and oxygen atoms in total.